The van der Waals surface area contributed by atoms with Crippen molar-refractivity contribution in [1.82, 2.24) is 0 Å². The molecule has 0 atom stereocenters. The van der Waals surface area contributed by atoms with E-state index < -0.39 is 11.5 Å². The van der Waals surface area contributed by atoms with Crippen molar-refractivity contribution in [1.29, 1.82) is 0 Å². The third-order valence-corrected chi connectivity index (χ3v) is 3.85. The number of alkyl halides is 2. The van der Waals surface area contributed by atoms with E-state index in [1.807, 2.05) is 0 Å². The van der Waals surface area contributed by atoms with Crippen LogP contribution in [0.4, 0.5) is 18.9 Å². The van der Waals surface area contributed by atoms with Crippen molar-refractivity contribution >= 4 is 5.69 Å². The summed E-state index contributed by atoms with van der Waals surface area (Å²) < 4.78 is 39.9. The van der Waals surface area contributed by atoms with E-state index in [2.05, 4.69) is 0 Å². The lowest BCUT2D eigenvalue weighted by molar-refractivity contribution is -0.0513. The number of halogens is 3. The maximum Gasteiger partial charge on any atom is 0.248 e. The summed E-state index contributed by atoms with van der Waals surface area (Å²) in [6.45, 7) is 0. The summed E-state index contributed by atoms with van der Waals surface area (Å²) in [6.07, 6.45) is 0.000431. The van der Waals surface area contributed by atoms with Crippen molar-refractivity contribution in [3.63, 3.8) is 0 Å². The first-order valence-corrected chi connectivity index (χ1v) is 6.38. The van der Waals surface area contributed by atoms with Gasteiger partial charge in [0.1, 0.15) is 5.82 Å². The lowest BCUT2D eigenvalue weighted by Gasteiger charge is -2.39. The minimum Gasteiger partial charge on any atom is -0.377 e. The molecule has 1 aliphatic rings. The monoisotopic (exact) mass is 272 g/mol. The van der Waals surface area contributed by atoms with Crippen LogP contribution in [0.3, 0.4) is 0 Å². The molecule has 0 amide bonds. The molecule has 0 radical (unpaired) electrons. The Kier molecular flexibility index (Phi) is 3.51. The Morgan fingerprint density at radius 1 is 1.11 bits per heavy atom. The predicted octanol–water partition coefficient (Wildman–Crippen LogP) is 3.26. The van der Waals surface area contributed by atoms with Crippen LogP contribution in [0.5, 0.6) is 0 Å². The number of nitrogens with two attached hydrogens (primary N) is 1. The van der Waals surface area contributed by atoms with E-state index in [0.29, 0.717) is 5.69 Å². The molecule has 1 aromatic rings. The number of benzene rings is 1. The summed E-state index contributed by atoms with van der Waals surface area (Å²) in [7, 11) is 3.58. The number of anilines is 1. The van der Waals surface area contributed by atoms with Crippen LogP contribution in [0.15, 0.2) is 18.2 Å². The van der Waals surface area contributed by atoms with Gasteiger partial charge in [-0.1, -0.05) is 6.07 Å². The molecule has 0 spiro atoms. The molecule has 1 fully saturated rings. The Balaban J connectivity index is 2.36. The Morgan fingerprint density at radius 3 is 2.21 bits per heavy atom. The van der Waals surface area contributed by atoms with Gasteiger partial charge in [-0.3, -0.25) is 0 Å². The molecule has 2 N–H and O–H groups in total. The third kappa shape index (κ3) is 2.86. The smallest absolute Gasteiger partial charge is 0.248 e. The first-order chi connectivity index (χ1) is 8.73. The van der Waals surface area contributed by atoms with Crippen LogP contribution in [0.2, 0.25) is 0 Å². The van der Waals surface area contributed by atoms with Gasteiger partial charge in [0.25, 0.3) is 0 Å². The van der Waals surface area contributed by atoms with E-state index in [4.69, 9.17) is 5.73 Å². The second kappa shape index (κ2) is 4.71. The fraction of sp³-hybridized carbons (Fsp3) is 0.571. The van der Waals surface area contributed by atoms with Gasteiger partial charge in [-0.05, 0) is 30.5 Å². The number of hydrogen-bond acceptors (Lipinski definition) is 2. The molecule has 5 heteroatoms. The maximum absolute atomic E-state index is 13.3. The molecule has 0 heterocycles. The first kappa shape index (κ1) is 14.2. The average molecular weight is 272 g/mol. The molecular formula is C14H19F3N2. The fourth-order valence-corrected chi connectivity index (χ4v) is 2.63. The molecule has 106 valence electrons. The molecule has 0 saturated heterocycles. The second-order valence-electron chi connectivity index (χ2n) is 5.57. The molecule has 0 bridgehead atoms. The quantitative estimate of drug-likeness (QED) is 0.895. The molecular weight excluding hydrogens is 253 g/mol. The highest BCUT2D eigenvalue weighted by Gasteiger charge is 2.43. The summed E-state index contributed by atoms with van der Waals surface area (Å²) >= 11 is 0. The molecule has 19 heavy (non-hydrogen) atoms. The van der Waals surface area contributed by atoms with Crippen molar-refractivity contribution in [2.24, 2.45) is 5.73 Å². The zero-order valence-electron chi connectivity index (χ0n) is 11.2. The van der Waals surface area contributed by atoms with E-state index >= 15 is 0 Å². The third-order valence-electron chi connectivity index (χ3n) is 3.85. The summed E-state index contributed by atoms with van der Waals surface area (Å²) in [4.78, 5) is 1.76. The molecule has 0 aromatic heterocycles. The van der Waals surface area contributed by atoms with E-state index in [9.17, 15) is 13.2 Å². The topological polar surface area (TPSA) is 29.3 Å². The van der Waals surface area contributed by atoms with Crippen molar-refractivity contribution in [2.75, 3.05) is 19.0 Å². The SMILES string of the molecule is CN(C)c1cc(F)ccc1C1(N)CCC(F)(F)CC1. The Hall–Kier alpha value is -1.23. The van der Waals surface area contributed by atoms with Crippen LogP contribution in [-0.2, 0) is 5.54 Å². The van der Waals surface area contributed by atoms with Gasteiger partial charge in [-0.15, -0.1) is 0 Å². The van der Waals surface area contributed by atoms with E-state index in [1.165, 1.54) is 12.1 Å². The predicted molar refractivity (Wildman–Crippen MR) is 70.0 cm³/mol. The highest BCUT2D eigenvalue weighted by Crippen LogP contribution is 2.44. The van der Waals surface area contributed by atoms with Crippen LogP contribution >= 0.6 is 0 Å². The average Bonchev–Trinajstić information content (AvgIpc) is 2.33. The summed E-state index contributed by atoms with van der Waals surface area (Å²) in [5.41, 5.74) is 6.92. The molecule has 1 aliphatic carbocycles. The number of nitrogens with zero attached hydrogens (tertiary/aromatic N) is 1. The number of hydrogen-bond donors (Lipinski definition) is 1. The number of rotatable bonds is 2. The van der Waals surface area contributed by atoms with Gasteiger partial charge < -0.3 is 10.6 Å². The normalized spacial score (nSPS) is 21.2. The minimum atomic E-state index is -2.62. The van der Waals surface area contributed by atoms with Gasteiger partial charge in [-0.25, -0.2) is 13.2 Å². The zero-order valence-corrected chi connectivity index (χ0v) is 11.2. The van der Waals surface area contributed by atoms with Gasteiger partial charge in [0, 0.05) is 38.2 Å². The summed E-state index contributed by atoms with van der Waals surface area (Å²) in [6, 6.07) is 4.36. The Morgan fingerprint density at radius 2 is 1.68 bits per heavy atom. The van der Waals surface area contributed by atoms with Gasteiger partial charge in [0.05, 0.1) is 0 Å². The van der Waals surface area contributed by atoms with Gasteiger partial charge >= 0.3 is 0 Å². The lowest BCUT2D eigenvalue weighted by Crippen LogP contribution is -2.44. The van der Waals surface area contributed by atoms with E-state index in [-0.39, 0.29) is 31.5 Å². The summed E-state index contributed by atoms with van der Waals surface area (Å²) in [5, 5.41) is 0. The summed E-state index contributed by atoms with van der Waals surface area (Å²) in [5.74, 6) is -2.97. The fourth-order valence-electron chi connectivity index (χ4n) is 2.63. The molecule has 2 rings (SSSR count). The molecule has 2 nitrogen and oxygen atoms in total. The van der Waals surface area contributed by atoms with Crippen molar-refractivity contribution < 1.29 is 13.2 Å². The first-order valence-electron chi connectivity index (χ1n) is 6.38. The highest BCUT2D eigenvalue weighted by molar-refractivity contribution is 5.56. The van der Waals surface area contributed by atoms with Crippen LogP contribution < -0.4 is 10.6 Å². The Labute approximate surface area is 111 Å². The lowest BCUT2D eigenvalue weighted by atomic mass is 9.75. The molecule has 0 unspecified atom stereocenters. The standard InChI is InChI=1S/C14H19F3N2/c1-19(2)12-9-10(15)3-4-11(12)13(18)5-7-14(16,17)8-6-13/h3-4,9H,5-8,18H2,1-2H3. The van der Waals surface area contributed by atoms with Crippen molar-refractivity contribution in [3.8, 4) is 0 Å². The van der Waals surface area contributed by atoms with Crippen LogP contribution in [-0.4, -0.2) is 20.0 Å². The largest absolute Gasteiger partial charge is 0.377 e. The molecule has 0 aliphatic heterocycles. The minimum absolute atomic E-state index is 0.215. The van der Waals surface area contributed by atoms with Crippen LogP contribution in [0, 0.1) is 5.82 Å². The van der Waals surface area contributed by atoms with Crippen molar-refractivity contribution in [3.05, 3.63) is 29.6 Å². The van der Waals surface area contributed by atoms with E-state index in [0.717, 1.165) is 5.56 Å². The molecule has 1 saturated carbocycles. The van der Waals surface area contributed by atoms with Gasteiger partial charge in [-0.2, -0.15) is 0 Å². The zero-order chi connectivity index (χ0) is 14.3. The van der Waals surface area contributed by atoms with Crippen molar-refractivity contribution in [2.45, 2.75) is 37.1 Å². The Bertz CT molecular complexity index is 462. The second-order valence-corrected chi connectivity index (χ2v) is 5.57. The van der Waals surface area contributed by atoms with Crippen LogP contribution in [0.25, 0.3) is 0 Å². The van der Waals surface area contributed by atoms with Gasteiger partial charge in [0.2, 0.25) is 5.92 Å². The maximum atomic E-state index is 13.3. The highest BCUT2D eigenvalue weighted by atomic mass is 19.3. The van der Waals surface area contributed by atoms with E-state index in [1.54, 1.807) is 25.1 Å². The molecule has 1 aromatic carbocycles. The van der Waals surface area contributed by atoms with Crippen LogP contribution in [0.1, 0.15) is 31.2 Å². The van der Waals surface area contributed by atoms with Gasteiger partial charge in [0.15, 0.2) is 0 Å².